The Hall–Kier alpha value is -1.35. The van der Waals surface area contributed by atoms with Gasteiger partial charge in [-0.25, -0.2) is 5.06 Å². The van der Waals surface area contributed by atoms with E-state index in [1.54, 1.807) is 0 Å². The number of hydrogen-bond donors (Lipinski definition) is 1. The summed E-state index contributed by atoms with van der Waals surface area (Å²) in [6.07, 6.45) is 15.9. The number of carbonyl (C=O) groups excluding carboxylic acids is 1. The molecule has 0 fully saturated rings. The van der Waals surface area contributed by atoms with Crippen molar-refractivity contribution in [3.63, 3.8) is 0 Å². The van der Waals surface area contributed by atoms with Gasteiger partial charge < -0.3 is 0 Å². The first-order valence-electron chi connectivity index (χ1n) is 10.8. The maximum absolute atomic E-state index is 12.2. The van der Waals surface area contributed by atoms with Gasteiger partial charge in [-0.1, -0.05) is 90.2 Å². The van der Waals surface area contributed by atoms with Crippen LogP contribution in [0.4, 0.5) is 0 Å². The molecule has 0 bridgehead atoms. The van der Waals surface area contributed by atoms with Crippen LogP contribution in [0, 0.1) is 0 Å². The van der Waals surface area contributed by atoms with E-state index in [4.69, 9.17) is 0 Å². The lowest BCUT2D eigenvalue weighted by atomic mass is 10.0. The van der Waals surface area contributed by atoms with E-state index in [-0.39, 0.29) is 5.91 Å². The van der Waals surface area contributed by atoms with Crippen LogP contribution >= 0.6 is 0 Å². The average Bonchev–Trinajstić information content (AvgIpc) is 2.67. The number of aryl methyl sites for hydroxylation is 1. The summed E-state index contributed by atoms with van der Waals surface area (Å²) < 4.78 is 0. The highest BCUT2D eigenvalue weighted by atomic mass is 16.5. The third-order valence-electron chi connectivity index (χ3n) is 4.98. The lowest BCUT2D eigenvalue weighted by Crippen LogP contribution is -2.28. The highest BCUT2D eigenvalue weighted by Gasteiger charge is 2.12. The van der Waals surface area contributed by atoms with Gasteiger partial charge in [-0.2, -0.15) is 0 Å². The Balaban J connectivity index is 2.22. The SMILES string of the molecule is CCCCCCCCCCc1ccc(C(=O)N(O)CCCCCC)cc1. The van der Waals surface area contributed by atoms with E-state index in [0.29, 0.717) is 12.1 Å². The van der Waals surface area contributed by atoms with Crippen LogP contribution < -0.4 is 0 Å². The molecule has 26 heavy (non-hydrogen) atoms. The van der Waals surface area contributed by atoms with Gasteiger partial charge in [0.1, 0.15) is 0 Å². The number of rotatable bonds is 15. The fraction of sp³-hybridized carbons (Fsp3) is 0.696. The summed E-state index contributed by atoms with van der Waals surface area (Å²) in [6, 6.07) is 7.74. The van der Waals surface area contributed by atoms with Gasteiger partial charge in [0, 0.05) is 12.1 Å². The summed E-state index contributed by atoms with van der Waals surface area (Å²) in [4.78, 5) is 12.2. The van der Waals surface area contributed by atoms with E-state index < -0.39 is 0 Å². The number of benzene rings is 1. The molecule has 1 aromatic rings. The maximum Gasteiger partial charge on any atom is 0.277 e. The van der Waals surface area contributed by atoms with Crippen LogP contribution in [-0.4, -0.2) is 22.7 Å². The van der Waals surface area contributed by atoms with E-state index in [0.717, 1.165) is 37.2 Å². The molecule has 0 spiro atoms. The fourth-order valence-electron chi connectivity index (χ4n) is 3.22. The van der Waals surface area contributed by atoms with Crippen LogP contribution in [-0.2, 0) is 6.42 Å². The zero-order valence-electron chi connectivity index (χ0n) is 17.0. The van der Waals surface area contributed by atoms with Crippen LogP contribution in [0.5, 0.6) is 0 Å². The third-order valence-corrected chi connectivity index (χ3v) is 4.98. The standard InChI is InChI=1S/C23H39NO2/c1-3-5-7-9-10-11-12-13-15-21-16-18-22(19-17-21)23(25)24(26)20-14-8-6-4-2/h16-19,26H,3-15,20H2,1-2H3. The van der Waals surface area contributed by atoms with Crippen molar-refractivity contribution in [2.45, 2.75) is 97.3 Å². The van der Waals surface area contributed by atoms with Crippen LogP contribution in [0.25, 0.3) is 0 Å². The van der Waals surface area contributed by atoms with Crippen molar-refractivity contribution < 1.29 is 10.0 Å². The summed E-state index contributed by atoms with van der Waals surface area (Å²) in [5.74, 6) is -0.292. The molecule has 0 unspecified atom stereocenters. The second kappa shape index (κ2) is 14.8. The topological polar surface area (TPSA) is 40.5 Å². The van der Waals surface area contributed by atoms with Gasteiger partial charge in [-0.15, -0.1) is 0 Å². The van der Waals surface area contributed by atoms with E-state index in [2.05, 4.69) is 13.8 Å². The Labute approximate surface area is 160 Å². The van der Waals surface area contributed by atoms with Gasteiger partial charge in [0.25, 0.3) is 5.91 Å². The Morgan fingerprint density at radius 3 is 1.85 bits per heavy atom. The third kappa shape index (κ3) is 9.96. The molecule has 1 aromatic carbocycles. The predicted octanol–water partition coefficient (Wildman–Crippen LogP) is 6.78. The number of nitrogens with zero attached hydrogens (tertiary/aromatic N) is 1. The molecule has 0 aliphatic carbocycles. The molecule has 0 aromatic heterocycles. The van der Waals surface area contributed by atoms with Gasteiger partial charge in [-0.3, -0.25) is 10.0 Å². The van der Waals surface area contributed by atoms with Crippen LogP contribution in [0.3, 0.4) is 0 Å². The van der Waals surface area contributed by atoms with Crippen LogP contribution in [0.2, 0.25) is 0 Å². The quantitative estimate of drug-likeness (QED) is 0.212. The molecule has 0 aliphatic heterocycles. The smallest absolute Gasteiger partial charge is 0.277 e. The molecular weight excluding hydrogens is 322 g/mol. The second-order valence-corrected chi connectivity index (χ2v) is 7.41. The van der Waals surface area contributed by atoms with E-state index in [9.17, 15) is 10.0 Å². The molecule has 1 N–H and O–H groups in total. The average molecular weight is 362 g/mol. The van der Waals surface area contributed by atoms with Gasteiger partial charge in [-0.05, 0) is 37.0 Å². The number of amides is 1. The van der Waals surface area contributed by atoms with Crippen molar-refractivity contribution in [2.24, 2.45) is 0 Å². The van der Waals surface area contributed by atoms with Gasteiger partial charge in [0.2, 0.25) is 0 Å². The molecule has 0 aliphatic rings. The van der Waals surface area contributed by atoms with Gasteiger partial charge in [0.05, 0.1) is 0 Å². The largest absolute Gasteiger partial charge is 0.286 e. The van der Waals surface area contributed by atoms with Crippen molar-refractivity contribution in [3.05, 3.63) is 35.4 Å². The number of carbonyl (C=O) groups is 1. The Morgan fingerprint density at radius 1 is 0.769 bits per heavy atom. The molecule has 0 radical (unpaired) electrons. The minimum Gasteiger partial charge on any atom is -0.286 e. The van der Waals surface area contributed by atoms with E-state index in [1.807, 2.05) is 24.3 Å². The lowest BCUT2D eigenvalue weighted by molar-refractivity contribution is -0.0588. The Kier molecular flexibility index (Phi) is 12.9. The zero-order chi connectivity index (χ0) is 19.0. The van der Waals surface area contributed by atoms with Crippen molar-refractivity contribution >= 4 is 5.91 Å². The first-order valence-corrected chi connectivity index (χ1v) is 10.8. The number of unbranched alkanes of at least 4 members (excludes halogenated alkanes) is 10. The highest BCUT2D eigenvalue weighted by molar-refractivity contribution is 5.93. The minimum atomic E-state index is -0.292. The lowest BCUT2D eigenvalue weighted by Gasteiger charge is -2.15. The molecule has 0 saturated carbocycles. The predicted molar refractivity (Wildman–Crippen MR) is 110 cm³/mol. The minimum absolute atomic E-state index is 0.292. The summed E-state index contributed by atoms with van der Waals surface area (Å²) in [5.41, 5.74) is 1.85. The maximum atomic E-state index is 12.2. The first kappa shape index (κ1) is 22.7. The van der Waals surface area contributed by atoms with Crippen molar-refractivity contribution in [1.29, 1.82) is 0 Å². The van der Waals surface area contributed by atoms with Gasteiger partial charge >= 0.3 is 0 Å². The molecule has 3 heteroatoms. The molecule has 0 atom stereocenters. The Morgan fingerprint density at radius 2 is 1.27 bits per heavy atom. The van der Waals surface area contributed by atoms with Crippen molar-refractivity contribution in [2.75, 3.05) is 6.54 Å². The van der Waals surface area contributed by atoms with Crippen molar-refractivity contribution in [1.82, 2.24) is 5.06 Å². The van der Waals surface area contributed by atoms with E-state index >= 15 is 0 Å². The monoisotopic (exact) mass is 361 g/mol. The normalized spacial score (nSPS) is 10.9. The molecule has 1 rings (SSSR count). The zero-order valence-corrected chi connectivity index (χ0v) is 17.0. The van der Waals surface area contributed by atoms with Crippen LogP contribution in [0.15, 0.2) is 24.3 Å². The fourth-order valence-corrected chi connectivity index (χ4v) is 3.22. The summed E-state index contributed by atoms with van der Waals surface area (Å²) in [7, 11) is 0. The van der Waals surface area contributed by atoms with E-state index in [1.165, 1.54) is 56.9 Å². The molecule has 1 amide bonds. The highest BCUT2D eigenvalue weighted by Crippen LogP contribution is 2.13. The molecule has 148 valence electrons. The molecular formula is C23H39NO2. The first-order chi connectivity index (χ1) is 12.7. The number of hydrogen-bond acceptors (Lipinski definition) is 2. The molecule has 3 nitrogen and oxygen atoms in total. The summed E-state index contributed by atoms with van der Waals surface area (Å²) >= 11 is 0. The Bertz CT molecular complexity index is 470. The summed E-state index contributed by atoms with van der Waals surface area (Å²) in [5, 5.41) is 10.8. The summed E-state index contributed by atoms with van der Waals surface area (Å²) in [6.45, 7) is 4.82. The van der Waals surface area contributed by atoms with Gasteiger partial charge in [0.15, 0.2) is 0 Å². The van der Waals surface area contributed by atoms with Crippen LogP contribution in [0.1, 0.15) is 107 Å². The molecule has 0 heterocycles. The van der Waals surface area contributed by atoms with Crippen molar-refractivity contribution in [3.8, 4) is 0 Å². The molecule has 0 saturated heterocycles. The second-order valence-electron chi connectivity index (χ2n) is 7.41. The number of hydroxylamine groups is 2.